The van der Waals surface area contributed by atoms with Gasteiger partial charge in [0.25, 0.3) is 0 Å². The van der Waals surface area contributed by atoms with Crippen LogP contribution < -0.4 is 15.0 Å². The van der Waals surface area contributed by atoms with Crippen molar-refractivity contribution in [2.45, 2.75) is 13.3 Å². The van der Waals surface area contributed by atoms with E-state index in [0.717, 1.165) is 4.88 Å². The summed E-state index contributed by atoms with van der Waals surface area (Å²) in [6.45, 7) is 2.27. The van der Waals surface area contributed by atoms with Crippen molar-refractivity contribution in [1.29, 1.82) is 0 Å². The van der Waals surface area contributed by atoms with Gasteiger partial charge in [-0.25, -0.2) is 4.99 Å². The van der Waals surface area contributed by atoms with E-state index < -0.39 is 0 Å². The maximum absolute atomic E-state index is 13.1. The Balaban J connectivity index is 1.58. The lowest BCUT2D eigenvalue weighted by Crippen LogP contribution is -2.38. The Morgan fingerprint density at radius 3 is 2.73 bits per heavy atom. The molecule has 0 unspecified atom stereocenters. The average Bonchev–Trinajstić information content (AvgIpc) is 3.24. The van der Waals surface area contributed by atoms with Crippen LogP contribution in [0.5, 0.6) is 5.75 Å². The average molecular weight is 420 g/mol. The second-order valence-electron chi connectivity index (χ2n) is 6.66. The maximum Gasteiger partial charge on any atom is 0.244 e. The number of anilines is 2. The summed E-state index contributed by atoms with van der Waals surface area (Å²) in [6, 6.07) is 18.5. The van der Waals surface area contributed by atoms with Crippen LogP contribution in [0.3, 0.4) is 0 Å². The Hall–Kier alpha value is -3.45. The molecule has 0 bridgehead atoms. The minimum atomic E-state index is -0.301. The van der Waals surface area contributed by atoms with E-state index >= 15 is 0 Å². The van der Waals surface area contributed by atoms with Crippen molar-refractivity contribution < 1.29 is 14.3 Å². The smallest absolute Gasteiger partial charge is 0.244 e. The highest BCUT2D eigenvalue weighted by molar-refractivity contribution is 7.12. The van der Waals surface area contributed by atoms with Crippen molar-refractivity contribution in [2.24, 2.45) is 4.99 Å². The van der Waals surface area contributed by atoms with Gasteiger partial charge in [-0.05, 0) is 42.6 Å². The number of carbonyl (C=O) groups is 2. The van der Waals surface area contributed by atoms with E-state index in [1.807, 2.05) is 60.8 Å². The van der Waals surface area contributed by atoms with Crippen LogP contribution in [-0.4, -0.2) is 30.7 Å². The normalized spacial score (nSPS) is 13.3. The predicted molar refractivity (Wildman–Crippen MR) is 120 cm³/mol. The Kier molecular flexibility index (Phi) is 5.90. The second-order valence-corrected chi connectivity index (χ2v) is 7.61. The summed E-state index contributed by atoms with van der Waals surface area (Å²) in [5, 5.41) is 4.82. The van der Waals surface area contributed by atoms with Crippen LogP contribution in [0.1, 0.15) is 18.2 Å². The number of nitrogens with zero attached hydrogens (tertiary/aromatic N) is 2. The monoisotopic (exact) mass is 419 g/mol. The molecule has 152 valence electrons. The molecule has 2 amide bonds. The van der Waals surface area contributed by atoms with E-state index in [1.54, 1.807) is 23.5 Å². The number of aliphatic imine (C=N–C) groups is 1. The number of fused-ring (bicyclic) bond motifs is 1. The van der Waals surface area contributed by atoms with E-state index in [1.165, 1.54) is 4.90 Å². The van der Waals surface area contributed by atoms with Gasteiger partial charge in [-0.2, -0.15) is 0 Å². The third-order valence-corrected chi connectivity index (χ3v) is 5.53. The summed E-state index contributed by atoms with van der Waals surface area (Å²) in [5.74, 6) is 0.129. The topological polar surface area (TPSA) is 71.0 Å². The zero-order valence-electron chi connectivity index (χ0n) is 16.5. The highest BCUT2D eigenvalue weighted by atomic mass is 32.1. The molecule has 0 aliphatic carbocycles. The minimum absolute atomic E-state index is 0.108. The Morgan fingerprint density at radius 2 is 1.93 bits per heavy atom. The molecule has 1 aliphatic rings. The zero-order chi connectivity index (χ0) is 20.9. The second kappa shape index (κ2) is 8.92. The summed E-state index contributed by atoms with van der Waals surface area (Å²) in [6.07, 6.45) is 0.137. The predicted octanol–water partition coefficient (Wildman–Crippen LogP) is 4.64. The van der Waals surface area contributed by atoms with Gasteiger partial charge in [0.15, 0.2) is 0 Å². The number of hydrogen-bond acceptors (Lipinski definition) is 5. The van der Waals surface area contributed by atoms with Crippen LogP contribution in [0, 0.1) is 0 Å². The van der Waals surface area contributed by atoms with Gasteiger partial charge in [-0.3, -0.25) is 9.59 Å². The molecule has 2 aromatic carbocycles. The Morgan fingerprint density at radius 1 is 1.13 bits per heavy atom. The van der Waals surface area contributed by atoms with Crippen molar-refractivity contribution in [3.63, 3.8) is 0 Å². The van der Waals surface area contributed by atoms with Crippen molar-refractivity contribution in [3.8, 4) is 5.75 Å². The molecule has 0 atom stereocenters. The molecule has 0 saturated heterocycles. The van der Waals surface area contributed by atoms with Gasteiger partial charge in [0, 0.05) is 4.88 Å². The lowest BCUT2D eigenvalue weighted by molar-refractivity contribution is -0.120. The molecule has 1 aromatic heterocycles. The maximum atomic E-state index is 13.1. The van der Waals surface area contributed by atoms with Crippen molar-refractivity contribution in [3.05, 3.63) is 70.9 Å². The fourth-order valence-electron chi connectivity index (χ4n) is 3.29. The Labute approximate surface area is 178 Å². The summed E-state index contributed by atoms with van der Waals surface area (Å²) in [4.78, 5) is 33.1. The number of nitrogens with one attached hydrogen (secondary N) is 1. The summed E-state index contributed by atoms with van der Waals surface area (Å²) < 4.78 is 5.57. The Bertz CT molecular complexity index is 1090. The van der Waals surface area contributed by atoms with Gasteiger partial charge in [-0.1, -0.05) is 30.3 Å². The number of ether oxygens (including phenoxy) is 1. The van der Waals surface area contributed by atoms with Crippen LogP contribution in [0.15, 0.2) is 71.0 Å². The number of carbonyl (C=O) groups excluding carboxylic acids is 2. The fourth-order valence-corrected chi connectivity index (χ4v) is 4.00. The van der Waals surface area contributed by atoms with Crippen LogP contribution in [0.4, 0.5) is 17.1 Å². The number of benzene rings is 2. The molecule has 1 N–H and O–H groups in total. The molecule has 4 rings (SSSR count). The SMILES string of the molecule is CCOc1ccccc1NC(=O)CN1C(=O)CC(c2cccs2)=Nc2ccccc21. The van der Waals surface area contributed by atoms with E-state index in [2.05, 4.69) is 5.32 Å². The van der Waals surface area contributed by atoms with E-state index in [4.69, 9.17) is 9.73 Å². The number of amides is 2. The van der Waals surface area contributed by atoms with Crippen molar-refractivity contribution in [2.75, 3.05) is 23.4 Å². The summed E-state index contributed by atoms with van der Waals surface area (Å²) >= 11 is 1.54. The molecule has 1 aliphatic heterocycles. The first-order valence-electron chi connectivity index (χ1n) is 9.68. The van der Waals surface area contributed by atoms with Gasteiger partial charge in [0.2, 0.25) is 11.8 Å². The fraction of sp³-hybridized carbons (Fsp3) is 0.174. The van der Waals surface area contributed by atoms with Crippen molar-refractivity contribution in [1.82, 2.24) is 0 Å². The summed E-state index contributed by atoms with van der Waals surface area (Å²) in [5.41, 5.74) is 2.60. The quantitative estimate of drug-likeness (QED) is 0.633. The molecule has 30 heavy (non-hydrogen) atoms. The van der Waals surface area contributed by atoms with Gasteiger partial charge >= 0.3 is 0 Å². The molecule has 0 spiro atoms. The molecule has 3 aromatic rings. The van der Waals surface area contributed by atoms with Crippen LogP contribution in [0.2, 0.25) is 0 Å². The largest absolute Gasteiger partial charge is 0.492 e. The number of thiophene rings is 1. The first-order chi connectivity index (χ1) is 14.7. The van der Waals surface area contributed by atoms with Gasteiger partial charge < -0.3 is 15.0 Å². The van der Waals surface area contributed by atoms with Gasteiger partial charge in [0.1, 0.15) is 12.3 Å². The first-order valence-corrected chi connectivity index (χ1v) is 10.6. The van der Waals surface area contributed by atoms with Gasteiger partial charge in [-0.15, -0.1) is 11.3 Å². The lowest BCUT2D eigenvalue weighted by atomic mass is 10.2. The zero-order valence-corrected chi connectivity index (χ0v) is 17.3. The third kappa shape index (κ3) is 4.26. The molecule has 0 saturated carbocycles. The number of para-hydroxylation sites is 4. The summed E-state index contributed by atoms with van der Waals surface area (Å²) in [7, 11) is 0. The molecular weight excluding hydrogens is 398 g/mol. The molecule has 0 radical (unpaired) electrons. The minimum Gasteiger partial charge on any atom is -0.492 e. The van der Waals surface area contributed by atoms with Crippen LogP contribution >= 0.6 is 11.3 Å². The highest BCUT2D eigenvalue weighted by Gasteiger charge is 2.27. The van der Waals surface area contributed by atoms with Gasteiger partial charge in [0.05, 0.1) is 35.8 Å². The molecule has 0 fully saturated rings. The first kappa shape index (κ1) is 19.8. The van der Waals surface area contributed by atoms with Crippen molar-refractivity contribution >= 4 is 45.9 Å². The van der Waals surface area contributed by atoms with Crippen LogP contribution in [0.25, 0.3) is 0 Å². The molecule has 6 nitrogen and oxygen atoms in total. The molecular formula is C23H21N3O3S. The number of rotatable bonds is 6. The molecule has 7 heteroatoms. The van der Waals surface area contributed by atoms with Crippen LogP contribution in [-0.2, 0) is 9.59 Å². The third-order valence-electron chi connectivity index (χ3n) is 4.62. The molecule has 2 heterocycles. The highest BCUT2D eigenvalue weighted by Crippen LogP contribution is 2.33. The lowest BCUT2D eigenvalue weighted by Gasteiger charge is -2.22. The number of hydrogen-bond donors (Lipinski definition) is 1. The van der Waals surface area contributed by atoms with E-state index in [9.17, 15) is 9.59 Å². The van der Waals surface area contributed by atoms with E-state index in [0.29, 0.717) is 35.1 Å². The standard InChI is InChI=1S/C23H21N3O3S/c1-2-29-20-11-6-4-9-17(20)25-22(27)15-26-19-10-5-3-8-16(19)24-18(14-23(26)28)21-12-7-13-30-21/h3-13H,2,14-15H2,1H3,(H,25,27). The van der Waals surface area contributed by atoms with E-state index in [-0.39, 0.29) is 24.8 Å².